The second-order valence-corrected chi connectivity index (χ2v) is 6.66. The van der Waals surface area contributed by atoms with Crippen molar-refractivity contribution in [1.82, 2.24) is 15.3 Å². The van der Waals surface area contributed by atoms with Gasteiger partial charge >= 0.3 is 0 Å². The summed E-state index contributed by atoms with van der Waals surface area (Å²) in [5.74, 6) is 0.464. The van der Waals surface area contributed by atoms with Crippen LogP contribution in [0.2, 0.25) is 0 Å². The molecule has 28 heavy (non-hydrogen) atoms. The number of aryl methyl sites for hydroxylation is 1. The van der Waals surface area contributed by atoms with Gasteiger partial charge in [0.25, 0.3) is 5.56 Å². The van der Waals surface area contributed by atoms with Crippen molar-refractivity contribution in [1.29, 1.82) is 0 Å². The van der Waals surface area contributed by atoms with Gasteiger partial charge in [0.05, 0.1) is 17.0 Å². The largest absolute Gasteiger partial charge is 0.374 e. The fourth-order valence-corrected chi connectivity index (χ4v) is 2.95. The molecule has 1 atom stereocenters. The number of H-pyrrole nitrogens is 1. The summed E-state index contributed by atoms with van der Waals surface area (Å²) in [7, 11) is 0. The highest BCUT2D eigenvalue weighted by Gasteiger charge is 2.07. The molecule has 2 N–H and O–H groups in total. The fourth-order valence-electron chi connectivity index (χ4n) is 2.95. The number of hydrogen-bond acceptors (Lipinski definition) is 4. The first kappa shape index (κ1) is 19.8. The number of aromatic nitrogens is 2. The van der Waals surface area contributed by atoms with Crippen molar-refractivity contribution in [2.45, 2.75) is 32.3 Å². The minimum absolute atomic E-state index is 0.0349. The van der Waals surface area contributed by atoms with Gasteiger partial charge in [0, 0.05) is 26.0 Å². The highest BCUT2D eigenvalue weighted by Crippen LogP contribution is 2.15. The molecule has 0 radical (unpaired) electrons. The van der Waals surface area contributed by atoms with E-state index in [-0.39, 0.29) is 24.0 Å². The summed E-state index contributed by atoms with van der Waals surface area (Å²) in [4.78, 5) is 31.2. The molecule has 0 fully saturated rings. The average Bonchev–Trinajstić information content (AvgIpc) is 2.72. The molecule has 0 saturated carbocycles. The Balaban J connectivity index is 1.36. The summed E-state index contributed by atoms with van der Waals surface area (Å²) in [5.41, 5.74) is 1.61. The Hall–Kier alpha value is -2.99. The third-order valence-electron chi connectivity index (χ3n) is 4.53. The van der Waals surface area contributed by atoms with Crippen LogP contribution in [0.4, 0.5) is 0 Å². The van der Waals surface area contributed by atoms with Gasteiger partial charge < -0.3 is 15.0 Å². The number of fused-ring (bicyclic) bond motifs is 1. The van der Waals surface area contributed by atoms with Crippen molar-refractivity contribution in [2.75, 3.05) is 13.2 Å². The SMILES string of the molecule is C[C@H](OCCCNC(=O)CCc1nc2ccccc2c(=O)[nH]1)c1ccccc1. The zero-order valence-corrected chi connectivity index (χ0v) is 16.0. The van der Waals surface area contributed by atoms with Crippen molar-refractivity contribution < 1.29 is 9.53 Å². The van der Waals surface area contributed by atoms with Crippen LogP contribution >= 0.6 is 0 Å². The molecule has 1 aromatic heterocycles. The molecule has 0 aliphatic heterocycles. The number of carbonyl (C=O) groups excluding carboxylic acids is 1. The Bertz CT molecular complexity index is 969. The summed E-state index contributed by atoms with van der Waals surface area (Å²) in [5, 5.41) is 3.44. The van der Waals surface area contributed by atoms with Gasteiger partial charge in [0.1, 0.15) is 5.82 Å². The molecule has 0 aliphatic carbocycles. The maximum absolute atomic E-state index is 12.0. The van der Waals surface area contributed by atoms with Gasteiger partial charge in [-0.25, -0.2) is 4.98 Å². The van der Waals surface area contributed by atoms with E-state index < -0.39 is 0 Å². The first-order valence-corrected chi connectivity index (χ1v) is 9.54. The summed E-state index contributed by atoms with van der Waals surface area (Å²) in [6, 6.07) is 17.2. The molecule has 0 unspecified atom stereocenters. The smallest absolute Gasteiger partial charge is 0.258 e. The predicted molar refractivity (Wildman–Crippen MR) is 109 cm³/mol. The van der Waals surface area contributed by atoms with E-state index in [9.17, 15) is 9.59 Å². The number of hydrogen-bond donors (Lipinski definition) is 2. The van der Waals surface area contributed by atoms with Crippen molar-refractivity contribution in [2.24, 2.45) is 0 Å². The Morgan fingerprint density at radius 3 is 2.71 bits per heavy atom. The highest BCUT2D eigenvalue weighted by molar-refractivity contribution is 5.78. The number of carbonyl (C=O) groups is 1. The van der Waals surface area contributed by atoms with Crippen LogP contribution in [0.1, 0.15) is 37.3 Å². The van der Waals surface area contributed by atoms with E-state index in [2.05, 4.69) is 15.3 Å². The molecule has 0 bridgehead atoms. The molecule has 3 rings (SSSR count). The summed E-state index contributed by atoms with van der Waals surface area (Å²) < 4.78 is 5.79. The standard InChI is InChI=1S/C22H25N3O3/c1-16(17-8-3-2-4-9-17)28-15-7-14-23-21(26)13-12-20-24-19-11-6-5-10-18(19)22(27)25-20/h2-6,8-11,16H,7,12-15H2,1H3,(H,23,26)(H,24,25,27)/t16-/m0/s1. The summed E-state index contributed by atoms with van der Waals surface area (Å²) in [6.45, 7) is 3.16. The minimum atomic E-state index is -0.175. The lowest BCUT2D eigenvalue weighted by Gasteiger charge is -2.13. The van der Waals surface area contributed by atoms with Crippen molar-refractivity contribution in [3.63, 3.8) is 0 Å². The number of rotatable bonds is 9. The van der Waals surface area contributed by atoms with E-state index in [4.69, 9.17) is 4.74 Å². The third-order valence-corrected chi connectivity index (χ3v) is 4.53. The van der Waals surface area contributed by atoms with E-state index in [1.165, 1.54) is 0 Å². The zero-order chi connectivity index (χ0) is 19.8. The number of amides is 1. The van der Waals surface area contributed by atoms with Crippen molar-refractivity contribution in [3.05, 3.63) is 76.3 Å². The van der Waals surface area contributed by atoms with Gasteiger partial charge in [0.15, 0.2) is 0 Å². The quantitative estimate of drug-likeness (QED) is 0.560. The van der Waals surface area contributed by atoms with Crippen LogP contribution < -0.4 is 10.9 Å². The molecular weight excluding hydrogens is 354 g/mol. The van der Waals surface area contributed by atoms with Crippen LogP contribution in [0.15, 0.2) is 59.4 Å². The molecule has 0 aliphatic rings. The number of benzene rings is 2. The Morgan fingerprint density at radius 1 is 1.14 bits per heavy atom. The van der Waals surface area contributed by atoms with E-state index in [0.29, 0.717) is 36.3 Å². The van der Waals surface area contributed by atoms with Gasteiger partial charge in [-0.2, -0.15) is 0 Å². The zero-order valence-electron chi connectivity index (χ0n) is 16.0. The van der Waals surface area contributed by atoms with E-state index in [0.717, 1.165) is 12.0 Å². The second-order valence-electron chi connectivity index (χ2n) is 6.66. The lowest BCUT2D eigenvalue weighted by Crippen LogP contribution is -2.26. The third kappa shape index (κ3) is 5.50. The molecular formula is C22H25N3O3. The molecule has 6 heteroatoms. The molecule has 6 nitrogen and oxygen atoms in total. The highest BCUT2D eigenvalue weighted by atomic mass is 16.5. The maximum Gasteiger partial charge on any atom is 0.258 e. The van der Waals surface area contributed by atoms with Gasteiger partial charge in [-0.1, -0.05) is 42.5 Å². The van der Waals surface area contributed by atoms with E-state index >= 15 is 0 Å². The molecule has 0 spiro atoms. The number of ether oxygens (including phenoxy) is 1. The molecule has 146 valence electrons. The lowest BCUT2D eigenvalue weighted by molar-refractivity contribution is -0.121. The van der Waals surface area contributed by atoms with Gasteiger partial charge in [0.2, 0.25) is 5.91 Å². The average molecular weight is 379 g/mol. The van der Waals surface area contributed by atoms with Crippen LogP contribution in [0, 0.1) is 0 Å². The molecule has 3 aromatic rings. The van der Waals surface area contributed by atoms with Gasteiger partial charge in [-0.3, -0.25) is 9.59 Å². The molecule has 1 heterocycles. The van der Waals surface area contributed by atoms with Gasteiger partial charge in [-0.15, -0.1) is 0 Å². The predicted octanol–water partition coefficient (Wildman–Crippen LogP) is 3.14. The van der Waals surface area contributed by atoms with Gasteiger partial charge in [-0.05, 0) is 31.0 Å². The lowest BCUT2D eigenvalue weighted by atomic mass is 10.1. The van der Waals surface area contributed by atoms with Crippen LogP contribution in [0.3, 0.4) is 0 Å². The first-order chi connectivity index (χ1) is 13.6. The summed E-state index contributed by atoms with van der Waals surface area (Å²) >= 11 is 0. The summed E-state index contributed by atoms with van der Waals surface area (Å²) in [6.07, 6.45) is 1.46. The monoisotopic (exact) mass is 379 g/mol. The molecule has 0 saturated heterocycles. The number of para-hydroxylation sites is 1. The first-order valence-electron chi connectivity index (χ1n) is 9.54. The van der Waals surface area contributed by atoms with Crippen LogP contribution in [0.5, 0.6) is 0 Å². The van der Waals surface area contributed by atoms with E-state index in [1.807, 2.05) is 43.3 Å². The Morgan fingerprint density at radius 2 is 1.89 bits per heavy atom. The molecule has 2 aromatic carbocycles. The second kappa shape index (κ2) is 9.80. The topological polar surface area (TPSA) is 84.1 Å². The maximum atomic E-state index is 12.0. The molecule has 1 amide bonds. The van der Waals surface area contributed by atoms with Crippen molar-refractivity contribution in [3.8, 4) is 0 Å². The minimum Gasteiger partial charge on any atom is -0.374 e. The van der Waals surface area contributed by atoms with Crippen LogP contribution in [-0.2, 0) is 16.0 Å². The van der Waals surface area contributed by atoms with Crippen molar-refractivity contribution >= 4 is 16.8 Å². The Kier molecular flexibility index (Phi) is 6.92. The Labute approximate surface area is 164 Å². The number of aromatic amines is 1. The normalized spacial score (nSPS) is 12.0. The van der Waals surface area contributed by atoms with Crippen LogP contribution in [-0.4, -0.2) is 29.0 Å². The number of nitrogens with zero attached hydrogens (tertiary/aromatic N) is 1. The van der Waals surface area contributed by atoms with E-state index in [1.54, 1.807) is 18.2 Å². The number of nitrogens with one attached hydrogen (secondary N) is 2. The fraction of sp³-hybridized carbons (Fsp3) is 0.318. The van der Waals surface area contributed by atoms with Crippen LogP contribution in [0.25, 0.3) is 10.9 Å².